The van der Waals surface area contributed by atoms with E-state index in [4.69, 9.17) is 5.26 Å². The van der Waals surface area contributed by atoms with Crippen molar-refractivity contribution in [2.75, 3.05) is 11.4 Å². The molecule has 0 bridgehead atoms. The maximum absolute atomic E-state index is 8.68. The smallest absolute Gasteiger partial charge is 0.246 e. The normalized spacial score (nSPS) is 10.6. The number of nitriles is 1. The first kappa shape index (κ1) is 12.2. The zero-order chi connectivity index (χ0) is 13.0. The summed E-state index contributed by atoms with van der Waals surface area (Å²) in [7, 11) is 0. The van der Waals surface area contributed by atoms with E-state index in [1.54, 1.807) is 0 Å². The van der Waals surface area contributed by atoms with E-state index in [0.717, 1.165) is 11.0 Å². The van der Waals surface area contributed by atoms with E-state index in [1.807, 2.05) is 29.2 Å². The van der Waals surface area contributed by atoms with Gasteiger partial charge in [0.1, 0.15) is 5.52 Å². The molecule has 92 valence electrons. The molecule has 0 atom stereocenters. The minimum absolute atomic E-state index is 0.237. The maximum atomic E-state index is 8.68. The van der Waals surface area contributed by atoms with Gasteiger partial charge in [0.15, 0.2) is 0 Å². The van der Waals surface area contributed by atoms with E-state index in [9.17, 15) is 0 Å². The minimum atomic E-state index is 0.237. The molecule has 5 nitrogen and oxygen atoms in total. The van der Waals surface area contributed by atoms with Crippen molar-refractivity contribution in [1.82, 2.24) is 15.2 Å². The zero-order valence-electron chi connectivity index (χ0n) is 10.5. The molecule has 0 fully saturated rings. The Labute approximate surface area is 106 Å². The number of benzene rings is 1. The molecule has 1 aromatic carbocycles. The van der Waals surface area contributed by atoms with Crippen LogP contribution in [0.2, 0.25) is 0 Å². The lowest BCUT2D eigenvalue weighted by molar-refractivity contribution is 0.660. The Hall–Kier alpha value is -2.22. The van der Waals surface area contributed by atoms with Gasteiger partial charge >= 0.3 is 0 Å². The number of hydrogen-bond donors (Lipinski definition) is 0. The van der Waals surface area contributed by atoms with Crippen molar-refractivity contribution < 1.29 is 0 Å². The lowest BCUT2D eigenvalue weighted by atomic mass is 10.3. The third-order valence-corrected chi connectivity index (χ3v) is 2.69. The number of hydrogen-bond acceptors (Lipinski definition) is 5. The Bertz CT molecular complexity index is 573. The molecular formula is C13H15N5. The third kappa shape index (κ3) is 2.54. The molecule has 2 rings (SSSR count). The number of aromatic nitrogens is 3. The highest BCUT2D eigenvalue weighted by molar-refractivity contribution is 5.74. The fourth-order valence-corrected chi connectivity index (χ4v) is 1.75. The number of rotatable bonds is 4. The van der Waals surface area contributed by atoms with Gasteiger partial charge in [0, 0.05) is 12.6 Å². The largest absolute Gasteiger partial charge is 0.336 e. The average molecular weight is 241 g/mol. The Balaban J connectivity index is 2.35. The molecule has 0 N–H and O–H groups in total. The van der Waals surface area contributed by atoms with Gasteiger partial charge in [-0.2, -0.15) is 5.26 Å². The molecule has 0 saturated carbocycles. The van der Waals surface area contributed by atoms with Crippen molar-refractivity contribution in [3.8, 4) is 6.07 Å². The molecule has 1 aromatic heterocycles. The van der Waals surface area contributed by atoms with E-state index >= 15 is 0 Å². The van der Waals surface area contributed by atoms with Gasteiger partial charge in [-0.1, -0.05) is 12.1 Å². The Kier molecular flexibility index (Phi) is 3.68. The summed E-state index contributed by atoms with van der Waals surface area (Å²) in [5.41, 5.74) is 1.61. The van der Waals surface area contributed by atoms with Crippen LogP contribution in [-0.2, 0) is 0 Å². The first-order valence-corrected chi connectivity index (χ1v) is 5.95. The van der Waals surface area contributed by atoms with Crippen LogP contribution in [0.5, 0.6) is 0 Å². The van der Waals surface area contributed by atoms with Crippen molar-refractivity contribution in [1.29, 1.82) is 5.26 Å². The van der Waals surface area contributed by atoms with E-state index in [1.165, 1.54) is 0 Å². The summed E-state index contributed by atoms with van der Waals surface area (Å²) >= 11 is 0. The fourth-order valence-electron chi connectivity index (χ4n) is 1.75. The molecule has 0 saturated heterocycles. The second-order valence-corrected chi connectivity index (χ2v) is 4.30. The van der Waals surface area contributed by atoms with Crippen LogP contribution >= 0.6 is 0 Å². The Morgan fingerprint density at radius 3 is 2.61 bits per heavy atom. The summed E-state index contributed by atoms with van der Waals surface area (Å²) in [5.74, 6) is 0.582. The first-order valence-electron chi connectivity index (χ1n) is 5.95. The van der Waals surface area contributed by atoms with E-state index < -0.39 is 0 Å². The van der Waals surface area contributed by atoms with Crippen LogP contribution in [0.3, 0.4) is 0 Å². The van der Waals surface area contributed by atoms with E-state index in [-0.39, 0.29) is 6.04 Å². The van der Waals surface area contributed by atoms with E-state index in [2.05, 4.69) is 35.1 Å². The first-order chi connectivity index (χ1) is 8.72. The highest BCUT2D eigenvalue weighted by Crippen LogP contribution is 2.14. The van der Waals surface area contributed by atoms with Crippen LogP contribution in [0.15, 0.2) is 24.3 Å². The van der Waals surface area contributed by atoms with Crippen LogP contribution in [0.1, 0.15) is 20.3 Å². The Morgan fingerprint density at radius 2 is 1.94 bits per heavy atom. The van der Waals surface area contributed by atoms with Crippen molar-refractivity contribution in [2.45, 2.75) is 26.3 Å². The van der Waals surface area contributed by atoms with Gasteiger partial charge in [0.2, 0.25) is 5.95 Å². The quantitative estimate of drug-likeness (QED) is 0.820. The molecule has 0 aliphatic carbocycles. The fraction of sp³-hybridized carbons (Fsp3) is 0.385. The van der Waals surface area contributed by atoms with Crippen molar-refractivity contribution >= 4 is 17.0 Å². The molecule has 1 heterocycles. The highest BCUT2D eigenvalue weighted by Gasteiger charge is 2.14. The highest BCUT2D eigenvalue weighted by atomic mass is 15.3. The number of para-hydroxylation sites is 1. The van der Waals surface area contributed by atoms with Crippen molar-refractivity contribution in [2.24, 2.45) is 0 Å². The predicted molar refractivity (Wildman–Crippen MR) is 70.0 cm³/mol. The van der Waals surface area contributed by atoms with Crippen molar-refractivity contribution in [3.63, 3.8) is 0 Å². The van der Waals surface area contributed by atoms with Crippen LogP contribution in [0.25, 0.3) is 11.0 Å². The maximum Gasteiger partial charge on any atom is 0.246 e. The van der Waals surface area contributed by atoms with E-state index in [0.29, 0.717) is 18.9 Å². The molecule has 0 aliphatic rings. The molecule has 5 heteroatoms. The van der Waals surface area contributed by atoms with Gasteiger partial charge in [-0.3, -0.25) is 0 Å². The average Bonchev–Trinajstić information content (AvgIpc) is 2.38. The summed E-state index contributed by atoms with van der Waals surface area (Å²) in [6, 6.07) is 10.0. The molecule has 18 heavy (non-hydrogen) atoms. The Morgan fingerprint density at radius 1 is 1.22 bits per heavy atom. The zero-order valence-corrected chi connectivity index (χ0v) is 10.5. The molecule has 2 aromatic rings. The summed E-state index contributed by atoms with van der Waals surface area (Å²) in [6.45, 7) is 4.72. The second-order valence-electron chi connectivity index (χ2n) is 4.30. The summed E-state index contributed by atoms with van der Waals surface area (Å²) in [4.78, 5) is 6.48. The monoisotopic (exact) mass is 241 g/mol. The summed E-state index contributed by atoms with van der Waals surface area (Å²) in [6.07, 6.45) is 0.453. The lowest BCUT2D eigenvalue weighted by Gasteiger charge is -2.25. The van der Waals surface area contributed by atoms with Crippen molar-refractivity contribution in [3.05, 3.63) is 24.3 Å². The summed E-state index contributed by atoms with van der Waals surface area (Å²) in [5, 5.41) is 17.0. The number of anilines is 1. The minimum Gasteiger partial charge on any atom is -0.336 e. The number of nitrogens with zero attached hydrogens (tertiary/aromatic N) is 5. The molecule has 0 aliphatic heterocycles. The lowest BCUT2D eigenvalue weighted by Crippen LogP contribution is -2.33. The molecule has 0 spiro atoms. The van der Waals surface area contributed by atoms with Crippen LogP contribution in [0, 0.1) is 11.3 Å². The molecule has 0 unspecified atom stereocenters. The summed E-state index contributed by atoms with van der Waals surface area (Å²) < 4.78 is 0. The molecular weight excluding hydrogens is 226 g/mol. The molecule has 0 amide bonds. The van der Waals surface area contributed by atoms with Crippen LogP contribution < -0.4 is 4.90 Å². The third-order valence-electron chi connectivity index (χ3n) is 2.69. The van der Waals surface area contributed by atoms with Gasteiger partial charge in [-0.05, 0) is 26.0 Å². The molecule has 0 radical (unpaired) electrons. The van der Waals surface area contributed by atoms with Crippen LogP contribution in [0.4, 0.5) is 5.95 Å². The second kappa shape index (κ2) is 5.41. The predicted octanol–water partition coefficient (Wildman–Crippen LogP) is 2.15. The van der Waals surface area contributed by atoms with Gasteiger partial charge in [-0.25, -0.2) is 4.98 Å². The number of fused-ring (bicyclic) bond motifs is 1. The standard InChI is InChI=1S/C13H15N5/c1-10(2)18(9-5-8-14)13-15-11-6-3-4-7-12(11)16-17-13/h3-4,6-7,10H,5,9H2,1-2H3. The van der Waals surface area contributed by atoms with Gasteiger partial charge in [-0.15, -0.1) is 10.2 Å². The van der Waals surface area contributed by atoms with Gasteiger partial charge in [0.25, 0.3) is 0 Å². The van der Waals surface area contributed by atoms with Gasteiger partial charge in [0.05, 0.1) is 18.0 Å². The van der Waals surface area contributed by atoms with Crippen LogP contribution in [-0.4, -0.2) is 27.8 Å². The topological polar surface area (TPSA) is 65.7 Å². The SMILES string of the molecule is CC(C)N(CCC#N)c1nnc2ccccc2n1. The van der Waals surface area contributed by atoms with Gasteiger partial charge < -0.3 is 4.90 Å².